The maximum Gasteiger partial charge on any atom is 0.214 e. The Morgan fingerprint density at radius 1 is 1.07 bits per heavy atom. The van der Waals surface area contributed by atoms with Crippen molar-refractivity contribution in [1.82, 2.24) is 9.21 Å². The van der Waals surface area contributed by atoms with Crippen molar-refractivity contribution in [3.8, 4) is 0 Å². The largest absolute Gasteiger partial charge is 0.295 e. The van der Waals surface area contributed by atoms with Crippen LogP contribution in [0, 0.1) is 6.92 Å². The zero-order chi connectivity index (χ0) is 20.9. The van der Waals surface area contributed by atoms with Gasteiger partial charge in [-0.2, -0.15) is 4.31 Å². The van der Waals surface area contributed by atoms with Gasteiger partial charge in [0.15, 0.2) is 5.78 Å². The van der Waals surface area contributed by atoms with E-state index in [1.165, 1.54) is 19.3 Å². The lowest BCUT2D eigenvalue weighted by Gasteiger charge is -2.50. The molecule has 0 aromatic heterocycles. The van der Waals surface area contributed by atoms with Gasteiger partial charge in [0, 0.05) is 43.7 Å². The number of Topliss-reactive ketones (excluding diaryl/α,β-unsaturated/α-hetero) is 1. The van der Waals surface area contributed by atoms with E-state index in [0.29, 0.717) is 25.9 Å². The zero-order valence-corrected chi connectivity index (χ0v) is 20.1. The van der Waals surface area contributed by atoms with Crippen LogP contribution in [0.1, 0.15) is 74.2 Å². The van der Waals surface area contributed by atoms with Gasteiger partial charge in [-0.25, -0.2) is 8.42 Å². The molecule has 7 heteroatoms. The molecule has 1 aromatic carbocycles. The van der Waals surface area contributed by atoms with E-state index in [2.05, 4.69) is 4.90 Å². The van der Waals surface area contributed by atoms with Gasteiger partial charge in [-0.3, -0.25) is 9.69 Å². The van der Waals surface area contributed by atoms with Crippen molar-refractivity contribution in [3.63, 3.8) is 0 Å². The molecule has 3 rings (SSSR count). The average Bonchev–Trinajstić information content (AvgIpc) is 2.73. The van der Waals surface area contributed by atoms with Crippen molar-refractivity contribution in [2.45, 2.75) is 70.8 Å². The van der Waals surface area contributed by atoms with E-state index in [1.807, 2.05) is 38.1 Å². The summed E-state index contributed by atoms with van der Waals surface area (Å²) < 4.78 is 26.5. The van der Waals surface area contributed by atoms with Crippen molar-refractivity contribution in [3.05, 3.63) is 35.4 Å². The van der Waals surface area contributed by atoms with Gasteiger partial charge in [0.05, 0.1) is 5.75 Å². The fraction of sp³-hybridized carbons (Fsp3) is 0.696. The number of benzene rings is 1. The van der Waals surface area contributed by atoms with Gasteiger partial charge in [-0.05, 0) is 38.7 Å². The number of hydrogen-bond donors (Lipinski definition) is 0. The second-order valence-electron chi connectivity index (χ2n) is 8.78. The first kappa shape index (κ1) is 25.3. The van der Waals surface area contributed by atoms with Gasteiger partial charge < -0.3 is 0 Å². The maximum atomic E-state index is 12.8. The first-order valence-corrected chi connectivity index (χ1v) is 12.8. The Morgan fingerprint density at radius 2 is 1.73 bits per heavy atom. The second-order valence-corrected chi connectivity index (χ2v) is 10.9. The molecule has 170 valence electrons. The van der Waals surface area contributed by atoms with Crippen LogP contribution < -0.4 is 0 Å². The molecule has 0 spiro atoms. The summed E-state index contributed by atoms with van der Waals surface area (Å²) in [5, 5.41) is 0. The molecule has 0 amide bonds. The molecular weight excluding hydrogens is 420 g/mol. The van der Waals surface area contributed by atoms with Crippen LogP contribution in [0.2, 0.25) is 0 Å². The topological polar surface area (TPSA) is 57.7 Å². The summed E-state index contributed by atoms with van der Waals surface area (Å²) in [5.74, 6) is 0.464. The molecule has 0 bridgehead atoms. The predicted octanol–water partition coefficient (Wildman–Crippen LogP) is 4.44. The predicted molar refractivity (Wildman–Crippen MR) is 125 cm³/mol. The number of ketones is 1. The number of aryl methyl sites for hydroxylation is 1. The van der Waals surface area contributed by atoms with Gasteiger partial charge >= 0.3 is 0 Å². The number of halogens is 1. The van der Waals surface area contributed by atoms with Crippen molar-refractivity contribution in [2.75, 3.05) is 31.9 Å². The molecule has 5 nitrogen and oxygen atoms in total. The quantitative estimate of drug-likeness (QED) is 0.542. The third-order valence-corrected chi connectivity index (χ3v) is 8.78. The Kier molecular flexibility index (Phi) is 9.34. The molecule has 30 heavy (non-hydrogen) atoms. The van der Waals surface area contributed by atoms with Crippen LogP contribution in [0.15, 0.2) is 24.3 Å². The van der Waals surface area contributed by atoms with Crippen molar-refractivity contribution in [2.24, 2.45) is 0 Å². The van der Waals surface area contributed by atoms with Gasteiger partial charge in [-0.1, -0.05) is 49.9 Å². The lowest BCUT2D eigenvalue weighted by atomic mass is 9.76. The van der Waals surface area contributed by atoms with Crippen LogP contribution in [-0.4, -0.2) is 60.9 Å². The molecule has 0 N–H and O–H groups in total. The average molecular weight is 457 g/mol. The van der Waals surface area contributed by atoms with Gasteiger partial charge in [-0.15, -0.1) is 12.4 Å². The Labute approximate surface area is 188 Å². The fourth-order valence-corrected chi connectivity index (χ4v) is 6.56. The molecular formula is C23H37ClN2O3S. The number of piperazine rings is 1. The van der Waals surface area contributed by atoms with E-state index in [4.69, 9.17) is 0 Å². The minimum Gasteiger partial charge on any atom is -0.295 e. The number of nitrogens with zero attached hydrogens (tertiary/aromatic N) is 2. The highest BCUT2D eigenvalue weighted by Crippen LogP contribution is 2.38. The van der Waals surface area contributed by atoms with Crippen LogP contribution in [0.25, 0.3) is 0 Å². The molecule has 1 saturated heterocycles. The van der Waals surface area contributed by atoms with E-state index in [0.717, 1.165) is 43.5 Å². The van der Waals surface area contributed by atoms with E-state index in [1.54, 1.807) is 4.31 Å². The van der Waals surface area contributed by atoms with Crippen molar-refractivity contribution in [1.29, 1.82) is 0 Å². The SMILES string of the molecule is CCCS(=O)(=O)N1CCN(C2(CCC(=O)c3cccc(C)c3)CCCCC2)CC1.Cl. The minimum absolute atomic E-state index is 0. The first-order chi connectivity index (χ1) is 13.9. The molecule has 1 aliphatic carbocycles. The van der Waals surface area contributed by atoms with Gasteiger partial charge in [0.1, 0.15) is 0 Å². The number of carbonyl (C=O) groups excluding carboxylic acids is 1. The Bertz CT molecular complexity index is 798. The summed E-state index contributed by atoms with van der Waals surface area (Å²) in [5.41, 5.74) is 1.98. The third kappa shape index (κ3) is 6.06. The van der Waals surface area contributed by atoms with Crippen LogP contribution >= 0.6 is 12.4 Å². The highest BCUT2D eigenvalue weighted by atomic mass is 35.5. The molecule has 1 heterocycles. The van der Waals surface area contributed by atoms with Crippen molar-refractivity contribution >= 4 is 28.2 Å². The number of rotatable bonds is 8. The van der Waals surface area contributed by atoms with Crippen molar-refractivity contribution < 1.29 is 13.2 Å². The Hall–Kier alpha value is -0.950. The standard InChI is InChI=1S/C23H36N2O3S.ClH/c1-3-18-29(27,28)25-16-14-24(15-17-25)23(11-5-4-6-12-23)13-10-22(26)21-9-7-8-20(2)19-21;/h7-9,19H,3-6,10-18H2,1-2H3;1H. The van der Waals surface area contributed by atoms with E-state index >= 15 is 0 Å². The van der Waals surface area contributed by atoms with Crippen LogP contribution in [0.4, 0.5) is 0 Å². The highest BCUT2D eigenvalue weighted by Gasteiger charge is 2.40. The van der Waals surface area contributed by atoms with Crippen LogP contribution in [-0.2, 0) is 10.0 Å². The van der Waals surface area contributed by atoms with Crippen LogP contribution in [0.5, 0.6) is 0 Å². The molecule has 2 fully saturated rings. The minimum atomic E-state index is -3.12. The van der Waals surface area contributed by atoms with E-state index < -0.39 is 10.0 Å². The summed E-state index contributed by atoms with van der Waals surface area (Å²) in [6.45, 7) is 6.65. The summed E-state index contributed by atoms with van der Waals surface area (Å²) in [7, 11) is -3.12. The second kappa shape index (κ2) is 11.1. The maximum absolute atomic E-state index is 12.8. The molecule has 0 atom stereocenters. The molecule has 1 aliphatic heterocycles. The monoisotopic (exact) mass is 456 g/mol. The summed E-state index contributed by atoms with van der Waals surface area (Å²) in [4.78, 5) is 15.3. The zero-order valence-electron chi connectivity index (χ0n) is 18.4. The van der Waals surface area contributed by atoms with Gasteiger partial charge in [0.2, 0.25) is 10.0 Å². The lowest BCUT2D eigenvalue weighted by molar-refractivity contribution is 0.0165. The molecule has 0 unspecified atom stereocenters. The Balaban J connectivity index is 0.00000320. The summed E-state index contributed by atoms with van der Waals surface area (Å²) in [6.07, 6.45) is 8.01. The van der Waals surface area contributed by atoms with E-state index in [9.17, 15) is 13.2 Å². The lowest BCUT2D eigenvalue weighted by Crippen LogP contribution is -2.58. The molecule has 0 radical (unpaired) electrons. The van der Waals surface area contributed by atoms with Crippen LogP contribution in [0.3, 0.4) is 0 Å². The normalized spacial score (nSPS) is 20.5. The number of sulfonamides is 1. The van der Waals surface area contributed by atoms with E-state index in [-0.39, 0.29) is 29.5 Å². The first-order valence-electron chi connectivity index (χ1n) is 11.2. The third-order valence-electron chi connectivity index (χ3n) is 6.71. The highest BCUT2D eigenvalue weighted by molar-refractivity contribution is 7.89. The summed E-state index contributed by atoms with van der Waals surface area (Å²) in [6, 6.07) is 7.87. The molecule has 2 aliphatic rings. The Morgan fingerprint density at radius 3 is 2.33 bits per heavy atom. The fourth-order valence-electron chi connectivity index (χ4n) is 5.07. The summed E-state index contributed by atoms with van der Waals surface area (Å²) >= 11 is 0. The smallest absolute Gasteiger partial charge is 0.214 e. The number of carbonyl (C=O) groups is 1. The molecule has 1 aromatic rings. The number of hydrogen-bond acceptors (Lipinski definition) is 4. The molecule has 1 saturated carbocycles. The van der Waals surface area contributed by atoms with Gasteiger partial charge in [0.25, 0.3) is 0 Å².